The Bertz CT molecular complexity index is 940. The number of nitrogens with zero attached hydrogens (tertiary/aromatic N) is 2. The van der Waals surface area contributed by atoms with E-state index in [9.17, 15) is 9.18 Å². The highest BCUT2D eigenvalue weighted by molar-refractivity contribution is 6.31. The molecule has 132 valence electrons. The smallest absolute Gasteiger partial charge is 0.275 e. The van der Waals surface area contributed by atoms with E-state index >= 15 is 0 Å². The van der Waals surface area contributed by atoms with E-state index in [1.54, 1.807) is 0 Å². The first-order valence-corrected chi connectivity index (χ1v) is 8.22. The molecule has 5 nitrogen and oxygen atoms in total. The van der Waals surface area contributed by atoms with Gasteiger partial charge in [0.1, 0.15) is 17.3 Å². The fourth-order valence-corrected chi connectivity index (χ4v) is 2.65. The third kappa shape index (κ3) is 4.34. The number of rotatable bonds is 4. The number of aryl methyl sites for hydroxylation is 2. The van der Waals surface area contributed by atoms with Crippen LogP contribution in [0.4, 0.5) is 21.6 Å². The molecule has 0 saturated carbocycles. The van der Waals surface area contributed by atoms with Gasteiger partial charge in [-0.25, -0.2) is 14.4 Å². The van der Waals surface area contributed by atoms with E-state index in [1.165, 1.54) is 30.6 Å². The standard InChI is InChI=1S/C19H16ClFN4O/c1-11-5-12(2)7-14(6-11)25-19(26)17-9-23-18(10-22-17)24-13-3-4-16(21)15(20)8-13/h3-10H,1-2H3,(H,23,24)(H,25,26). The van der Waals surface area contributed by atoms with Crippen LogP contribution in [0.3, 0.4) is 0 Å². The van der Waals surface area contributed by atoms with Crippen molar-refractivity contribution >= 4 is 34.7 Å². The van der Waals surface area contributed by atoms with E-state index in [4.69, 9.17) is 11.6 Å². The van der Waals surface area contributed by atoms with E-state index in [-0.39, 0.29) is 16.6 Å². The SMILES string of the molecule is Cc1cc(C)cc(NC(=O)c2cnc(Nc3ccc(F)c(Cl)c3)cn2)c1. The number of anilines is 3. The summed E-state index contributed by atoms with van der Waals surface area (Å²) in [6.07, 6.45) is 2.79. The molecule has 0 aliphatic heterocycles. The molecule has 0 spiro atoms. The lowest BCUT2D eigenvalue weighted by Crippen LogP contribution is -2.14. The molecule has 0 unspecified atom stereocenters. The van der Waals surface area contributed by atoms with Crippen molar-refractivity contribution in [1.82, 2.24) is 9.97 Å². The van der Waals surface area contributed by atoms with Crippen LogP contribution in [0.1, 0.15) is 21.6 Å². The fraction of sp³-hybridized carbons (Fsp3) is 0.105. The first kappa shape index (κ1) is 17.8. The van der Waals surface area contributed by atoms with Crippen LogP contribution in [0.25, 0.3) is 0 Å². The molecule has 1 amide bonds. The van der Waals surface area contributed by atoms with Gasteiger partial charge in [-0.1, -0.05) is 17.7 Å². The van der Waals surface area contributed by atoms with E-state index in [0.717, 1.165) is 11.1 Å². The molecule has 26 heavy (non-hydrogen) atoms. The molecule has 2 N–H and O–H groups in total. The molecule has 2 aromatic carbocycles. The number of amides is 1. The molecule has 3 rings (SSSR count). The molecule has 7 heteroatoms. The van der Waals surface area contributed by atoms with Gasteiger partial charge in [-0.05, 0) is 55.3 Å². The monoisotopic (exact) mass is 370 g/mol. The second-order valence-electron chi connectivity index (χ2n) is 5.87. The maximum absolute atomic E-state index is 13.2. The van der Waals surface area contributed by atoms with Crippen LogP contribution in [0, 0.1) is 19.7 Å². The van der Waals surface area contributed by atoms with Crippen molar-refractivity contribution in [2.24, 2.45) is 0 Å². The van der Waals surface area contributed by atoms with Gasteiger partial charge in [-0.15, -0.1) is 0 Å². The quantitative estimate of drug-likeness (QED) is 0.686. The predicted octanol–water partition coefficient (Wildman–Crippen LogP) is 4.88. The van der Waals surface area contributed by atoms with Crippen LogP contribution in [0.15, 0.2) is 48.8 Å². The number of hydrogen-bond donors (Lipinski definition) is 2. The molecule has 0 aliphatic rings. The van der Waals surface area contributed by atoms with Crippen molar-refractivity contribution in [2.75, 3.05) is 10.6 Å². The summed E-state index contributed by atoms with van der Waals surface area (Å²) < 4.78 is 13.2. The van der Waals surface area contributed by atoms with Gasteiger partial charge >= 0.3 is 0 Å². The molecule has 0 radical (unpaired) electrons. The number of halogens is 2. The van der Waals surface area contributed by atoms with Crippen molar-refractivity contribution in [2.45, 2.75) is 13.8 Å². The van der Waals surface area contributed by atoms with E-state index in [1.807, 2.05) is 32.0 Å². The van der Waals surface area contributed by atoms with Gasteiger partial charge in [0.25, 0.3) is 5.91 Å². The molecular weight excluding hydrogens is 355 g/mol. The van der Waals surface area contributed by atoms with Crippen LogP contribution in [-0.4, -0.2) is 15.9 Å². The predicted molar refractivity (Wildman–Crippen MR) is 101 cm³/mol. The zero-order chi connectivity index (χ0) is 18.7. The average molecular weight is 371 g/mol. The lowest BCUT2D eigenvalue weighted by atomic mass is 10.1. The summed E-state index contributed by atoms with van der Waals surface area (Å²) in [5.41, 5.74) is 3.58. The summed E-state index contributed by atoms with van der Waals surface area (Å²) in [6, 6.07) is 10.0. The van der Waals surface area contributed by atoms with E-state index < -0.39 is 5.82 Å². The van der Waals surface area contributed by atoms with Gasteiger partial charge in [0, 0.05) is 11.4 Å². The summed E-state index contributed by atoms with van der Waals surface area (Å²) in [6.45, 7) is 3.93. The molecule has 0 fully saturated rings. The highest BCUT2D eigenvalue weighted by Crippen LogP contribution is 2.21. The summed E-state index contributed by atoms with van der Waals surface area (Å²) in [7, 11) is 0. The van der Waals surface area contributed by atoms with Crippen molar-refractivity contribution < 1.29 is 9.18 Å². The fourth-order valence-electron chi connectivity index (χ4n) is 2.47. The molecule has 1 aromatic heterocycles. The average Bonchev–Trinajstić information content (AvgIpc) is 2.58. The Morgan fingerprint density at radius 3 is 2.35 bits per heavy atom. The van der Waals surface area contributed by atoms with Gasteiger partial charge in [0.15, 0.2) is 0 Å². The number of aromatic nitrogens is 2. The summed E-state index contributed by atoms with van der Waals surface area (Å²) in [4.78, 5) is 20.6. The van der Waals surface area contributed by atoms with Crippen molar-refractivity contribution in [3.8, 4) is 0 Å². The number of benzene rings is 2. The van der Waals surface area contributed by atoms with E-state index in [2.05, 4.69) is 20.6 Å². The second kappa shape index (κ2) is 7.49. The van der Waals surface area contributed by atoms with Gasteiger partial charge < -0.3 is 10.6 Å². The second-order valence-corrected chi connectivity index (χ2v) is 6.28. The number of carbonyl (C=O) groups excluding carboxylic acids is 1. The Morgan fingerprint density at radius 2 is 1.73 bits per heavy atom. The summed E-state index contributed by atoms with van der Waals surface area (Å²) in [5, 5.41) is 5.75. The van der Waals surface area contributed by atoms with Gasteiger partial charge in [0.05, 0.1) is 17.4 Å². The van der Waals surface area contributed by atoms with Crippen molar-refractivity contribution in [1.29, 1.82) is 0 Å². The van der Waals surface area contributed by atoms with Crippen LogP contribution >= 0.6 is 11.6 Å². The molecule has 0 aliphatic carbocycles. The summed E-state index contributed by atoms with van der Waals surface area (Å²) >= 11 is 5.74. The Hall–Kier alpha value is -2.99. The Kier molecular flexibility index (Phi) is 5.14. The zero-order valence-electron chi connectivity index (χ0n) is 14.2. The Labute approximate surface area is 155 Å². The highest BCUT2D eigenvalue weighted by Gasteiger charge is 2.10. The van der Waals surface area contributed by atoms with Crippen LogP contribution in [0.5, 0.6) is 0 Å². The maximum Gasteiger partial charge on any atom is 0.275 e. The molecule has 0 bridgehead atoms. The largest absolute Gasteiger partial charge is 0.339 e. The van der Waals surface area contributed by atoms with Gasteiger partial charge in [-0.2, -0.15) is 0 Å². The Balaban J connectivity index is 1.70. The number of carbonyl (C=O) groups is 1. The first-order chi connectivity index (χ1) is 12.4. The minimum absolute atomic E-state index is 0.00686. The normalized spacial score (nSPS) is 10.5. The van der Waals surface area contributed by atoms with E-state index in [0.29, 0.717) is 17.2 Å². The third-order valence-corrected chi connectivity index (χ3v) is 3.85. The number of nitrogens with one attached hydrogen (secondary N) is 2. The zero-order valence-corrected chi connectivity index (χ0v) is 14.9. The van der Waals surface area contributed by atoms with Gasteiger partial charge in [-0.3, -0.25) is 4.79 Å². The molecule has 1 heterocycles. The Morgan fingerprint density at radius 1 is 1.00 bits per heavy atom. The first-order valence-electron chi connectivity index (χ1n) is 7.84. The van der Waals surface area contributed by atoms with Crippen LogP contribution < -0.4 is 10.6 Å². The lowest BCUT2D eigenvalue weighted by molar-refractivity contribution is 0.102. The molecule has 0 saturated heterocycles. The molecule has 3 aromatic rings. The maximum atomic E-state index is 13.2. The van der Waals surface area contributed by atoms with Crippen LogP contribution in [0.2, 0.25) is 5.02 Å². The van der Waals surface area contributed by atoms with Crippen LogP contribution in [-0.2, 0) is 0 Å². The summed E-state index contributed by atoms with van der Waals surface area (Å²) in [5.74, 6) is -0.434. The topological polar surface area (TPSA) is 66.9 Å². The minimum atomic E-state index is -0.498. The minimum Gasteiger partial charge on any atom is -0.339 e. The molecule has 0 atom stereocenters. The molecular formula is C19H16ClFN4O. The lowest BCUT2D eigenvalue weighted by Gasteiger charge is -2.08. The highest BCUT2D eigenvalue weighted by atomic mass is 35.5. The van der Waals surface area contributed by atoms with Crippen molar-refractivity contribution in [3.63, 3.8) is 0 Å². The van der Waals surface area contributed by atoms with Crippen molar-refractivity contribution in [3.05, 3.63) is 76.5 Å². The van der Waals surface area contributed by atoms with Gasteiger partial charge in [0.2, 0.25) is 0 Å². The number of hydrogen-bond acceptors (Lipinski definition) is 4. The third-order valence-electron chi connectivity index (χ3n) is 3.56.